The van der Waals surface area contributed by atoms with E-state index in [1.165, 1.54) is 6.07 Å². The maximum Gasteiger partial charge on any atom is 0.272 e. The first-order chi connectivity index (χ1) is 6.65. The molecule has 0 aliphatic rings. The highest BCUT2D eigenvalue weighted by molar-refractivity contribution is 5.74. The summed E-state index contributed by atoms with van der Waals surface area (Å²) in [5.41, 5.74) is 0.689. The Labute approximate surface area is 81.0 Å². The number of para-hydroxylation sites is 1. The number of nitro benzene ring substituents is 1. The fourth-order valence-corrected chi connectivity index (χ4v) is 1.10. The maximum absolute atomic E-state index is 10.6. The van der Waals surface area contributed by atoms with Gasteiger partial charge in [0.15, 0.2) is 0 Å². The summed E-state index contributed by atoms with van der Waals surface area (Å²) in [6, 6.07) is 6.25. The van der Waals surface area contributed by atoms with Crippen molar-refractivity contribution in [1.29, 1.82) is 0 Å². The van der Waals surface area contributed by atoms with Crippen LogP contribution in [0.25, 0.3) is 0 Å². The quantitative estimate of drug-likeness (QED) is 0.413. The molecule has 0 aromatic heterocycles. The van der Waals surface area contributed by atoms with Gasteiger partial charge >= 0.3 is 0 Å². The molecular formula is C10H8NO3. The smallest absolute Gasteiger partial charge is 0.272 e. The second-order valence-corrected chi connectivity index (χ2v) is 2.77. The van der Waals surface area contributed by atoms with Gasteiger partial charge in [-0.05, 0) is 0 Å². The molecular weight excluding hydrogens is 182 g/mol. The Morgan fingerprint density at radius 1 is 1.50 bits per heavy atom. The largest absolute Gasteiger partial charge is 0.285 e. The van der Waals surface area contributed by atoms with Crippen LogP contribution < -0.4 is 0 Å². The van der Waals surface area contributed by atoms with Crippen LogP contribution in [0.2, 0.25) is 0 Å². The lowest BCUT2D eigenvalue weighted by Gasteiger charge is -1.99. The second-order valence-electron chi connectivity index (χ2n) is 2.77. The van der Waals surface area contributed by atoms with E-state index in [2.05, 4.69) is 6.58 Å². The molecule has 14 heavy (non-hydrogen) atoms. The van der Waals surface area contributed by atoms with Crippen LogP contribution in [-0.4, -0.2) is 11.2 Å². The van der Waals surface area contributed by atoms with Gasteiger partial charge in [0, 0.05) is 23.6 Å². The van der Waals surface area contributed by atoms with Crippen molar-refractivity contribution in [2.45, 2.75) is 6.42 Å². The third-order valence-electron chi connectivity index (χ3n) is 1.74. The minimum absolute atomic E-state index is 0.00361. The molecule has 4 heteroatoms. The monoisotopic (exact) mass is 190 g/mol. The molecule has 0 bridgehead atoms. The highest BCUT2D eigenvalue weighted by Gasteiger charge is 2.12. The normalized spacial score (nSPS) is 9.43. The van der Waals surface area contributed by atoms with Crippen LogP contribution in [0.3, 0.4) is 0 Å². The molecule has 0 fully saturated rings. The summed E-state index contributed by atoms with van der Waals surface area (Å²) >= 11 is 0. The second kappa shape index (κ2) is 4.32. The first-order valence-corrected chi connectivity index (χ1v) is 3.93. The molecule has 0 amide bonds. The van der Waals surface area contributed by atoms with Gasteiger partial charge in [0.2, 0.25) is 6.29 Å². The number of benzene rings is 1. The Kier molecular flexibility index (Phi) is 3.12. The molecule has 0 spiro atoms. The van der Waals surface area contributed by atoms with Gasteiger partial charge in [0.1, 0.15) is 0 Å². The Bertz CT molecular complexity index is 385. The summed E-state index contributed by atoms with van der Waals surface area (Å²) in [6.45, 7) is 3.42. The van der Waals surface area contributed by atoms with Crippen molar-refractivity contribution < 1.29 is 9.72 Å². The standard InChI is InChI=1S/C10H8NO3/c1-8(7-12)6-9-4-2-3-5-10(9)11(13)14/h2-5H,1,6H2. The maximum atomic E-state index is 10.6. The van der Waals surface area contributed by atoms with Crippen LogP contribution >= 0.6 is 0 Å². The lowest BCUT2D eigenvalue weighted by atomic mass is 10.1. The average molecular weight is 190 g/mol. The molecule has 1 rings (SSSR count). The van der Waals surface area contributed by atoms with E-state index in [1.807, 2.05) is 0 Å². The fourth-order valence-electron chi connectivity index (χ4n) is 1.10. The molecule has 0 saturated heterocycles. The van der Waals surface area contributed by atoms with Crippen LogP contribution in [0, 0.1) is 10.1 Å². The molecule has 1 aromatic rings. The van der Waals surface area contributed by atoms with Crippen molar-refractivity contribution in [2.24, 2.45) is 0 Å². The number of hydrogen-bond donors (Lipinski definition) is 0. The molecule has 4 nitrogen and oxygen atoms in total. The Morgan fingerprint density at radius 3 is 2.71 bits per heavy atom. The molecule has 71 valence electrons. The zero-order valence-corrected chi connectivity index (χ0v) is 7.40. The van der Waals surface area contributed by atoms with Crippen LogP contribution in [-0.2, 0) is 11.2 Å². The SMILES string of the molecule is C=C([C]=O)Cc1ccccc1[N+](=O)[O-]. The van der Waals surface area contributed by atoms with Gasteiger partial charge in [-0.15, -0.1) is 0 Å². The van der Waals surface area contributed by atoms with Crippen molar-refractivity contribution in [3.8, 4) is 0 Å². The van der Waals surface area contributed by atoms with E-state index in [-0.39, 0.29) is 17.7 Å². The summed E-state index contributed by atoms with van der Waals surface area (Å²) in [4.78, 5) is 20.3. The molecule has 0 atom stereocenters. The van der Waals surface area contributed by atoms with Gasteiger partial charge in [-0.25, -0.2) is 0 Å². The molecule has 0 N–H and O–H groups in total. The van der Waals surface area contributed by atoms with E-state index in [1.54, 1.807) is 24.5 Å². The van der Waals surface area contributed by atoms with Crippen molar-refractivity contribution in [3.05, 3.63) is 52.1 Å². The van der Waals surface area contributed by atoms with Gasteiger partial charge in [-0.3, -0.25) is 14.9 Å². The van der Waals surface area contributed by atoms with Crippen LogP contribution in [0.4, 0.5) is 5.69 Å². The zero-order chi connectivity index (χ0) is 10.6. The number of nitro groups is 1. The van der Waals surface area contributed by atoms with Crippen LogP contribution in [0.15, 0.2) is 36.4 Å². The molecule has 1 radical (unpaired) electrons. The van der Waals surface area contributed by atoms with Gasteiger partial charge in [0.25, 0.3) is 5.69 Å². The highest BCUT2D eigenvalue weighted by Crippen LogP contribution is 2.19. The molecule has 0 saturated carbocycles. The Hall–Kier alpha value is -1.97. The van der Waals surface area contributed by atoms with Gasteiger partial charge in [-0.1, -0.05) is 24.8 Å². The third-order valence-corrected chi connectivity index (χ3v) is 1.74. The molecule has 0 aliphatic carbocycles. The zero-order valence-electron chi connectivity index (χ0n) is 7.40. The van der Waals surface area contributed by atoms with E-state index in [4.69, 9.17) is 0 Å². The third kappa shape index (κ3) is 2.26. The minimum atomic E-state index is -0.479. The number of carbonyl (C=O) groups excluding carboxylic acids is 1. The summed E-state index contributed by atoms with van der Waals surface area (Å²) in [5, 5.41) is 10.6. The van der Waals surface area contributed by atoms with Crippen molar-refractivity contribution in [1.82, 2.24) is 0 Å². The first-order valence-electron chi connectivity index (χ1n) is 3.93. The Morgan fingerprint density at radius 2 is 2.14 bits per heavy atom. The summed E-state index contributed by atoms with van der Waals surface area (Å²) in [6.07, 6.45) is 1.78. The molecule has 1 aromatic carbocycles. The number of rotatable bonds is 4. The van der Waals surface area contributed by atoms with E-state index in [0.717, 1.165) is 0 Å². The molecule has 0 heterocycles. The average Bonchev–Trinajstić information content (AvgIpc) is 2.18. The van der Waals surface area contributed by atoms with Crippen molar-refractivity contribution in [2.75, 3.05) is 0 Å². The summed E-state index contributed by atoms with van der Waals surface area (Å²) in [5.74, 6) is 0. The van der Waals surface area contributed by atoms with Crippen LogP contribution in [0.1, 0.15) is 5.56 Å². The van der Waals surface area contributed by atoms with Crippen LogP contribution in [0.5, 0.6) is 0 Å². The highest BCUT2D eigenvalue weighted by atomic mass is 16.6. The number of nitrogens with zero attached hydrogens (tertiary/aromatic N) is 1. The van der Waals surface area contributed by atoms with Crippen molar-refractivity contribution >= 4 is 12.0 Å². The van der Waals surface area contributed by atoms with Gasteiger partial charge < -0.3 is 0 Å². The van der Waals surface area contributed by atoms with Gasteiger partial charge in [-0.2, -0.15) is 0 Å². The predicted molar refractivity (Wildman–Crippen MR) is 51.6 cm³/mol. The summed E-state index contributed by atoms with van der Waals surface area (Å²) < 4.78 is 0. The Balaban J connectivity index is 3.01. The molecule has 0 unspecified atom stereocenters. The van der Waals surface area contributed by atoms with Gasteiger partial charge in [0.05, 0.1) is 4.92 Å². The van der Waals surface area contributed by atoms with E-state index < -0.39 is 4.92 Å². The van der Waals surface area contributed by atoms with E-state index in [9.17, 15) is 14.9 Å². The predicted octanol–water partition coefficient (Wildman–Crippen LogP) is 1.80. The summed E-state index contributed by atoms with van der Waals surface area (Å²) in [7, 11) is 0. The first kappa shape index (κ1) is 10.1. The number of hydrogen-bond acceptors (Lipinski definition) is 3. The topological polar surface area (TPSA) is 60.2 Å². The number of allylic oxidation sites excluding steroid dienone is 1. The lowest BCUT2D eigenvalue weighted by molar-refractivity contribution is -0.385. The lowest BCUT2D eigenvalue weighted by Crippen LogP contribution is -1.97. The van der Waals surface area contributed by atoms with E-state index in [0.29, 0.717) is 5.56 Å². The van der Waals surface area contributed by atoms with Crippen molar-refractivity contribution in [3.63, 3.8) is 0 Å². The fraction of sp³-hybridized carbons (Fsp3) is 0.100. The van der Waals surface area contributed by atoms with E-state index >= 15 is 0 Å². The minimum Gasteiger partial charge on any atom is -0.285 e. The molecule has 0 aliphatic heterocycles.